The fourth-order valence-corrected chi connectivity index (χ4v) is 0.926. The van der Waals surface area contributed by atoms with Crippen LogP contribution in [0, 0.1) is 0 Å². The number of carbonyl (C=O) groups is 1. The van der Waals surface area contributed by atoms with E-state index >= 15 is 0 Å². The van der Waals surface area contributed by atoms with Crippen LogP contribution in [0.3, 0.4) is 0 Å². The molecule has 0 spiro atoms. The molecular weight excluding hydrogens is 154 g/mol. The molecule has 0 bridgehead atoms. The van der Waals surface area contributed by atoms with Gasteiger partial charge in [-0.1, -0.05) is 13.5 Å². The highest BCUT2D eigenvalue weighted by Crippen LogP contribution is 1.99. The first-order chi connectivity index (χ1) is 5.57. The van der Waals surface area contributed by atoms with Crippen molar-refractivity contribution in [1.82, 2.24) is 4.90 Å². The van der Waals surface area contributed by atoms with Gasteiger partial charge in [-0.15, -0.1) is 0 Å². The summed E-state index contributed by atoms with van der Waals surface area (Å²) in [6.07, 6.45) is 1.64. The molecule has 0 aliphatic heterocycles. The molecular formula is C9H17NO2. The third kappa shape index (κ3) is 4.91. The monoisotopic (exact) mass is 171 g/mol. The molecule has 0 aromatic heterocycles. The summed E-state index contributed by atoms with van der Waals surface area (Å²) in [5.41, 5.74) is 0.290. The first-order valence-corrected chi connectivity index (χ1v) is 4.17. The largest absolute Gasteiger partial charge is 0.478 e. The topological polar surface area (TPSA) is 40.5 Å². The maximum atomic E-state index is 10.4. The van der Waals surface area contributed by atoms with Crippen molar-refractivity contribution >= 4 is 5.97 Å². The van der Waals surface area contributed by atoms with Gasteiger partial charge in [0.05, 0.1) is 0 Å². The molecule has 0 atom stereocenters. The normalized spacial score (nSPS) is 10.2. The van der Waals surface area contributed by atoms with E-state index in [1.807, 2.05) is 7.05 Å². The summed E-state index contributed by atoms with van der Waals surface area (Å²) in [5.74, 6) is -0.889. The van der Waals surface area contributed by atoms with Crippen LogP contribution in [0.1, 0.15) is 19.8 Å². The highest BCUT2D eigenvalue weighted by atomic mass is 16.4. The van der Waals surface area contributed by atoms with Gasteiger partial charge in [-0.05, 0) is 26.4 Å². The van der Waals surface area contributed by atoms with Crippen LogP contribution in [0.15, 0.2) is 12.2 Å². The second-order valence-corrected chi connectivity index (χ2v) is 2.96. The molecule has 1 N–H and O–H groups in total. The smallest absolute Gasteiger partial charge is 0.331 e. The summed E-state index contributed by atoms with van der Waals surface area (Å²) in [4.78, 5) is 12.5. The predicted molar refractivity (Wildman–Crippen MR) is 49.2 cm³/mol. The number of carboxylic acids is 1. The molecule has 0 unspecified atom stereocenters. The zero-order valence-electron chi connectivity index (χ0n) is 7.84. The summed E-state index contributed by atoms with van der Waals surface area (Å²) < 4.78 is 0. The zero-order valence-corrected chi connectivity index (χ0v) is 7.84. The van der Waals surface area contributed by atoms with Crippen LogP contribution in [-0.2, 0) is 4.79 Å². The van der Waals surface area contributed by atoms with Crippen LogP contribution in [0.5, 0.6) is 0 Å². The lowest BCUT2D eigenvalue weighted by atomic mass is 10.2. The fraction of sp³-hybridized carbons (Fsp3) is 0.667. The van der Waals surface area contributed by atoms with E-state index in [9.17, 15) is 4.79 Å². The van der Waals surface area contributed by atoms with Crippen molar-refractivity contribution in [3.05, 3.63) is 12.2 Å². The third-order valence-corrected chi connectivity index (χ3v) is 1.70. The highest BCUT2D eigenvalue weighted by Gasteiger charge is 2.04. The van der Waals surface area contributed by atoms with Gasteiger partial charge in [0.25, 0.3) is 0 Å². The number of hydrogen-bond acceptors (Lipinski definition) is 2. The van der Waals surface area contributed by atoms with Crippen molar-refractivity contribution in [2.75, 3.05) is 20.1 Å². The number of hydrogen-bond donors (Lipinski definition) is 1. The van der Waals surface area contributed by atoms with E-state index in [1.165, 1.54) is 0 Å². The van der Waals surface area contributed by atoms with Crippen LogP contribution in [-0.4, -0.2) is 36.1 Å². The Morgan fingerprint density at radius 3 is 2.50 bits per heavy atom. The van der Waals surface area contributed by atoms with E-state index < -0.39 is 5.97 Å². The van der Waals surface area contributed by atoms with Crippen molar-refractivity contribution in [1.29, 1.82) is 0 Å². The Labute approximate surface area is 73.7 Å². The minimum absolute atomic E-state index is 0.290. The quantitative estimate of drug-likeness (QED) is 0.613. The first kappa shape index (κ1) is 11.2. The van der Waals surface area contributed by atoms with Gasteiger partial charge in [-0.25, -0.2) is 4.79 Å². The molecule has 0 rings (SSSR count). The lowest BCUT2D eigenvalue weighted by Gasteiger charge is -2.14. The molecule has 0 heterocycles. The van der Waals surface area contributed by atoms with Gasteiger partial charge in [-0.2, -0.15) is 0 Å². The van der Waals surface area contributed by atoms with E-state index in [0.717, 1.165) is 19.5 Å². The average molecular weight is 171 g/mol. The van der Waals surface area contributed by atoms with Gasteiger partial charge >= 0.3 is 5.97 Å². The summed E-state index contributed by atoms with van der Waals surface area (Å²) in [6.45, 7) is 7.34. The Bertz CT molecular complexity index is 166. The predicted octanol–water partition coefficient (Wildman–Crippen LogP) is 1.36. The summed E-state index contributed by atoms with van der Waals surface area (Å²) in [5, 5.41) is 8.51. The molecule has 0 amide bonds. The molecule has 0 saturated heterocycles. The van der Waals surface area contributed by atoms with Gasteiger partial charge in [-0.3, -0.25) is 0 Å². The molecule has 12 heavy (non-hydrogen) atoms. The SMILES string of the molecule is C=C(CCN(C)CCC)C(=O)O. The van der Waals surface area contributed by atoms with Gasteiger partial charge < -0.3 is 10.0 Å². The van der Waals surface area contributed by atoms with Crippen LogP contribution < -0.4 is 0 Å². The van der Waals surface area contributed by atoms with E-state index in [2.05, 4.69) is 18.4 Å². The summed E-state index contributed by atoms with van der Waals surface area (Å²) >= 11 is 0. The van der Waals surface area contributed by atoms with Gasteiger partial charge in [0.15, 0.2) is 0 Å². The Morgan fingerprint density at radius 1 is 1.50 bits per heavy atom. The minimum Gasteiger partial charge on any atom is -0.478 e. The Hall–Kier alpha value is -0.830. The molecule has 0 fully saturated rings. The van der Waals surface area contributed by atoms with Crippen LogP contribution in [0.2, 0.25) is 0 Å². The lowest BCUT2D eigenvalue weighted by molar-refractivity contribution is -0.132. The standard InChI is InChI=1S/C9H17NO2/c1-4-6-10(3)7-5-8(2)9(11)12/h2,4-7H2,1,3H3,(H,11,12). The van der Waals surface area contributed by atoms with Crippen molar-refractivity contribution in [2.45, 2.75) is 19.8 Å². The molecule has 0 radical (unpaired) electrons. The second kappa shape index (κ2) is 5.77. The van der Waals surface area contributed by atoms with E-state index in [0.29, 0.717) is 6.42 Å². The molecule has 0 aromatic carbocycles. The van der Waals surface area contributed by atoms with Crippen molar-refractivity contribution in [3.8, 4) is 0 Å². The fourth-order valence-electron chi connectivity index (χ4n) is 0.926. The Balaban J connectivity index is 3.54. The van der Waals surface area contributed by atoms with Crippen LogP contribution >= 0.6 is 0 Å². The zero-order chi connectivity index (χ0) is 9.56. The van der Waals surface area contributed by atoms with Gasteiger partial charge in [0.1, 0.15) is 0 Å². The lowest BCUT2D eigenvalue weighted by Crippen LogP contribution is -2.21. The number of rotatable bonds is 6. The summed E-state index contributed by atoms with van der Waals surface area (Å²) in [6, 6.07) is 0. The van der Waals surface area contributed by atoms with E-state index in [-0.39, 0.29) is 5.57 Å². The maximum Gasteiger partial charge on any atom is 0.331 e. The van der Waals surface area contributed by atoms with Crippen molar-refractivity contribution < 1.29 is 9.90 Å². The first-order valence-electron chi connectivity index (χ1n) is 4.17. The van der Waals surface area contributed by atoms with Crippen molar-refractivity contribution in [2.24, 2.45) is 0 Å². The van der Waals surface area contributed by atoms with Crippen LogP contribution in [0.25, 0.3) is 0 Å². The highest BCUT2D eigenvalue weighted by molar-refractivity contribution is 5.85. The van der Waals surface area contributed by atoms with Gasteiger partial charge in [0.2, 0.25) is 0 Å². The van der Waals surface area contributed by atoms with Crippen LogP contribution in [0.4, 0.5) is 0 Å². The molecule has 0 aliphatic rings. The van der Waals surface area contributed by atoms with Gasteiger partial charge in [0, 0.05) is 12.1 Å². The molecule has 3 nitrogen and oxygen atoms in total. The molecule has 0 aromatic rings. The molecule has 0 aliphatic carbocycles. The van der Waals surface area contributed by atoms with E-state index in [1.54, 1.807) is 0 Å². The second-order valence-electron chi connectivity index (χ2n) is 2.96. The summed E-state index contributed by atoms with van der Waals surface area (Å²) in [7, 11) is 1.98. The van der Waals surface area contributed by atoms with E-state index in [4.69, 9.17) is 5.11 Å². The maximum absolute atomic E-state index is 10.4. The number of carboxylic acid groups (broad SMARTS) is 1. The van der Waals surface area contributed by atoms with Crippen molar-refractivity contribution in [3.63, 3.8) is 0 Å². The Kier molecular flexibility index (Phi) is 5.37. The average Bonchev–Trinajstić information content (AvgIpc) is 2.00. The number of nitrogens with zero attached hydrogens (tertiary/aromatic N) is 1. The Morgan fingerprint density at radius 2 is 2.08 bits per heavy atom. The molecule has 70 valence electrons. The third-order valence-electron chi connectivity index (χ3n) is 1.70. The minimum atomic E-state index is -0.889. The number of aliphatic carboxylic acids is 1. The molecule has 3 heteroatoms. The molecule has 0 saturated carbocycles.